The second kappa shape index (κ2) is 5.66. The minimum Gasteiger partial charge on any atom is -0.469 e. The summed E-state index contributed by atoms with van der Waals surface area (Å²) >= 11 is 0. The number of aryl methyl sites for hydroxylation is 1. The van der Waals surface area contributed by atoms with Crippen molar-refractivity contribution in [3.8, 4) is 0 Å². The number of carbonyl (C=O) groups excluding carboxylic acids is 1. The van der Waals surface area contributed by atoms with Crippen LogP contribution >= 0.6 is 0 Å². The Labute approximate surface area is 101 Å². The number of ether oxygens (including phenoxy) is 1. The molecule has 2 unspecified atom stereocenters. The maximum absolute atomic E-state index is 13.2. The Hall–Kier alpha value is -1.58. The first-order valence-corrected chi connectivity index (χ1v) is 5.55. The summed E-state index contributed by atoms with van der Waals surface area (Å²) in [4.78, 5) is 11.3. The van der Waals surface area contributed by atoms with Crippen molar-refractivity contribution in [2.24, 2.45) is 5.92 Å². The first-order chi connectivity index (χ1) is 7.93. The Bertz CT molecular complexity index is 386. The van der Waals surface area contributed by atoms with Gasteiger partial charge in [-0.15, -0.1) is 0 Å². The average Bonchev–Trinajstić information content (AvgIpc) is 2.25. The van der Waals surface area contributed by atoms with Gasteiger partial charge >= 0.3 is 5.97 Å². The molecule has 1 rings (SSSR count). The highest BCUT2D eigenvalue weighted by Gasteiger charge is 2.20. The van der Waals surface area contributed by atoms with Crippen molar-refractivity contribution in [2.75, 3.05) is 12.4 Å². The summed E-state index contributed by atoms with van der Waals surface area (Å²) in [6, 6.07) is 4.58. The van der Waals surface area contributed by atoms with Crippen LogP contribution < -0.4 is 5.32 Å². The fourth-order valence-corrected chi connectivity index (χ4v) is 1.60. The summed E-state index contributed by atoms with van der Waals surface area (Å²) < 4.78 is 17.8. The maximum atomic E-state index is 13.2. The summed E-state index contributed by atoms with van der Waals surface area (Å²) in [7, 11) is 1.36. The van der Waals surface area contributed by atoms with Crippen LogP contribution in [0.15, 0.2) is 18.2 Å². The Kier molecular flexibility index (Phi) is 4.49. The van der Waals surface area contributed by atoms with E-state index in [0.717, 1.165) is 5.56 Å². The van der Waals surface area contributed by atoms with Crippen LogP contribution in [0.3, 0.4) is 0 Å². The standard InChI is InChI=1S/C13H18FNO2/c1-8-5-11(14)7-12(6-8)15-10(3)9(2)13(16)17-4/h5-7,9-10,15H,1-4H3. The Morgan fingerprint density at radius 2 is 2.00 bits per heavy atom. The van der Waals surface area contributed by atoms with Crippen LogP contribution in [0.5, 0.6) is 0 Å². The summed E-state index contributed by atoms with van der Waals surface area (Å²) in [6.07, 6.45) is 0. The van der Waals surface area contributed by atoms with Gasteiger partial charge in [0.25, 0.3) is 0 Å². The third kappa shape index (κ3) is 3.73. The minimum atomic E-state index is -0.288. The third-order valence-electron chi connectivity index (χ3n) is 2.76. The molecule has 0 heterocycles. The van der Waals surface area contributed by atoms with Gasteiger partial charge in [0.15, 0.2) is 0 Å². The summed E-state index contributed by atoms with van der Waals surface area (Å²) in [5.74, 6) is -0.855. The van der Waals surface area contributed by atoms with E-state index in [9.17, 15) is 9.18 Å². The van der Waals surface area contributed by atoms with Crippen molar-refractivity contribution in [3.05, 3.63) is 29.6 Å². The van der Waals surface area contributed by atoms with Crippen LogP contribution in [0.25, 0.3) is 0 Å². The van der Waals surface area contributed by atoms with Crippen molar-refractivity contribution in [2.45, 2.75) is 26.8 Å². The number of methoxy groups -OCH3 is 1. The maximum Gasteiger partial charge on any atom is 0.310 e. The van der Waals surface area contributed by atoms with Crippen LogP contribution in [0.4, 0.5) is 10.1 Å². The van der Waals surface area contributed by atoms with E-state index in [1.54, 1.807) is 6.92 Å². The Morgan fingerprint density at radius 1 is 1.35 bits per heavy atom. The Morgan fingerprint density at radius 3 is 2.53 bits per heavy atom. The molecular weight excluding hydrogens is 221 g/mol. The molecule has 0 spiro atoms. The SMILES string of the molecule is COC(=O)C(C)C(C)Nc1cc(C)cc(F)c1. The quantitative estimate of drug-likeness (QED) is 0.821. The summed E-state index contributed by atoms with van der Waals surface area (Å²) in [5.41, 5.74) is 1.51. The highest BCUT2D eigenvalue weighted by Crippen LogP contribution is 2.17. The first-order valence-electron chi connectivity index (χ1n) is 5.55. The molecule has 0 saturated carbocycles. The fraction of sp³-hybridized carbons (Fsp3) is 0.462. The topological polar surface area (TPSA) is 38.3 Å². The molecule has 1 aromatic rings. The molecule has 0 bridgehead atoms. The molecule has 0 aliphatic rings. The van der Waals surface area contributed by atoms with Gasteiger partial charge in [-0.1, -0.05) is 0 Å². The number of hydrogen-bond acceptors (Lipinski definition) is 3. The van der Waals surface area contributed by atoms with Crippen LogP contribution in [0.1, 0.15) is 19.4 Å². The van der Waals surface area contributed by atoms with Gasteiger partial charge in [-0.3, -0.25) is 4.79 Å². The lowest BCUT2D eigenvalue weighted by Crippen LogP contribution is -2.30. The molecule has 0 aromatic heterocycles. The van der Waals surface area contributed by atoms with Gasteiger partial charge in [0.05, 0.1) is 13.0 Å². The van der Waals surface area contributed by atoms with E-state index in [2.05, 4.69) is 10.1 Å². The smallest absolute Gasteiger partial charge is 0.310 e. The van der Waals surface area contributed by atoms with Crippen LogP contribution in [-0.4, -0.2) is 19.1 Å². The lowest BCUT2D eigenvalue weighted by atomic mass is 10.0. The molecule has 1 aromatic carbocycles. The molecular formula is C13H18FNO2. The molecule has 0 radical (unpaired) electrons. The molecule has 94 valence electrons. The number of anilines is 1. The molecule has 3 nitrogen and oxygen atoms in total. The molecule has 0 saturated heterocycles. The predicted octanol–water partition coefficient (Wildman–Crippen LogP) is 2.74. The number of esters is 1. The van der Waals surface area contributed by atoms with Gasteiger partial charge in [-0.25, -0.2) is 4.39 Å². The molecule has 17 heavy (non-hydrogen) atoms. The summed E-state index contributed by atoms with van der Waals surface area (Å²) in [6.45, 7) is 5.46. The normalized spacial score (nSPS) is 13.9. The largest absolute Gasteiger partial charge is 0.469 e. The lowest BCUT2D eigenvalue weighted by molar-refractivity contribution is -0.145. The second-order valence-corrected chi connectivity index (χ2v) is 4.26. The van der Waals surface area contributed by atoms with Gasteiger partial charge in [-0.05, 0) is 44.5 Å². The van der Waals surface area contributed by atoms with E-state index >= 15 is 0 Å². The zero-order valence-electron chi connectivity index (χ0n) is 10.6. The van der Waals surface area contributed by atoms with Gasteiger partial charge in [0.1, 0.15) is 5.82 Å². The van der Waals surface area contributed by atoms with Crippen molar-refractivity contribution in [1.82, 2.24) is 0 Å². The number of rotatable bonds is 4. The molecule has 2 atom stereocenters. The zero-order valence-corrected chi connectivity index (χ0v) is 10.6. The molecule has 0 amide bonds. The monoisotopic (exact) mass is 239 g/mol. The van der Waals surface area contributed by atoms with E-state index in [1.807, 2.05) is 19.9 Å². The van der Waals surface area contributed by atoms with Crippen molar-refractivity contribution >= 4 is 11.7 Å². The second-order valence-electron chi connectivity index (χ2n) is 4.26. The van der Waals surface area contributed by atoms with Crippen LogP contribution in [0.2, 0.25) is 0 Å². The fourth-order valence-electron chi connectivity index (χ4n) is 1.60. The molecule has 4 heteroatoms. The van der Waals surface area contributed by atoms with Crippen molar-refractivity contribution in [3.63, 3.8) is 0 Å². The highest BCUT2D eigenvalue weighted by molar-refractivity contribution is 5.73. The van der Waals surface area contributed by atoms with E-state index in [-0.39, 0.29) is 23.7 Å². The van der Waals surface area contributed by atoms with Crippen molar-refractivity contribution in [1.29, 1.82) is 0 Å². The van der Waals surface area contributed by atoms with Gasteiger partial charge < -0.3 is 10.1 Å². The van der Waals surface area contributed by atoms with Gasteiger partial charge in [0, 0.05) is 11.7 Å². The number of benzene rings is 1. The third-order valence-corrected chi connectivity index (χ3v) is 2.76. The molecule has 0 aliphatic carbocycles. The van der Waals surface area contributed by atoms with Crippen LogP contribution in [0, 0.1) is 18.7 Å². The van der Waals surface area contributed by atoms with E-state index in [4.69, 9.17) is 0 Å². The van der Waals surface area contributed by atoms with Crippen LogP contribution in [-0.2, 0) is 9.53 Å². The average molecular weight is 239 g/mol. The van der Waals surface area contributed by atoms with Gasteiger partial charge in [-0.2, -0.15) is 0 Å². The number of carbonyl (C=O) groups is 1. The summed E-state index contributed by atoms with van der Waals surface area (Å²) in [5, 5.41) is 3.10. The van der Waals surface area contributed by atoms with E-state index in [1.165, 1.54) is 19.2 Å². The first kappa shape index (κ1) is 13.5. The van der Waals surface area contributed by atoms with Crippen molar-refractivity contribution < 1.29 is 13.9 Å². The highest BCUT2D eigenvalue weighted by atomic mass is 19.1. The number of hydrogen-bond donors (Lipinski definition) is 1. The molecule has 0 aliphatic heterocycles. The van der Waals surface area contributed by atoms with E-state index in [0.29, 0.717) is 5.69 Å². The lowest BCUT2D eigenvalue weighted by Gasteiger charge is -2.20. The van der Waals surface area contributed by atoms with Gasteiger partial charge in [0.2, 0.25) is 0 Å². The molecule has 1 N–H and O–H groups in total. The zero-order chi connectivity index (χ0) is 13.0. The predicted molar refractivity (Wildman–Crippen MR) is 65.4 cm³/mol. The Balaban J connectivity index is 2.73. The molecule has 0 fully saturated rings. The number of halogens is 1. The van der Waals surface area contributed by atoms with E-state index < -0.39 is 0 Å². The number of nitrogens with one attached hydrogen (secondary N) is 1. The minimum absolute atomic E-state index is 0.122.